The van der Waals surface area contributed by atoms with Crippen LogP contribution in [0.25, 0.3) is 0 Å². The topological polar surface area (TPSA) is 74.2 Å². The highest BCUT2D eigenvalue weighted by Gasteiger charge is 2.40. The van der Waals surface area contributed by atoms with Gasteiger partial charge in [-0.25, -0.2) is 9.79 Å². The molecule has 0 aromatic heterocycles. The standard InChI is InChI=1S/C24H30N4O3S/c1-17-21(23(30)31-2)22(18-9-5-3-6-10-18)28-19(16-32-24(28)26-17)15-20(29)25-11-14-27-12-7-4-8-13-27/h3,5-6,9-10,16,22H,4,7-8,11-15H2,1-2H3,(H,25,29)/t22-/m0/s1. The van der Waals surface area contributed by atoms with Gasteiger partial charge in [0.1, 0.15) is 0 Å². The molecule has 4 rings (SSSR count). The average Bonchev–Trinajstić information content (AvgIpc) is 3.20. The maximum atomic E-state index is 12.7. The number of piperidine rings is 1. The summed E-state index contributed by atoms with van der Waals surface area (Å²) in [6.07, 6.45) is 4.03. The van der Waals surface area contributed by atoms with Gasteiger partial charge < -0.3 is 19.9 Å². The summed E-state index contributed by atoms with van der Waals surface area (Å²) in [5.41, 5.74) is 2.94. The highest BCUT2D eigenvalue weighted by atomic mass is 32.2. The Morgan fingerprint density at radius 3 is 2.66 bits per heavy atom. The molecular weight excluding hydrogens is 424 g/mol. The number of hydrogen-bond acceptors (Lipinski definition) is 7. The smallest absolute Gasteiger partial charge is 0.338 e. The van der Waals surface area contributed by atoms with Gasteiger partial charge in [0.15, 0.2) is 5.17 Å². The van der Waals surface area contributed by atoms with Crippen molar-refractivity contribution in [2.75, 3.05) is 33.3 Å². The number of benzene rings is 1. The third-order valence-corrected chi connectivity index (χ3v) is 6.95. The zero-order chi connectivity index (χ0) is 22.5. The Bertz CT molecular complexity index is 951. The van der Waals surface area contributed by atoms with Crippen LogP contribution in [0.3, 0.4) is 0 Å². The van der Waals surface area contributed by atoms with E-state index in [0.717, 1.165) is 36.1 Å². The molecule has 0 bridgehead atoms. The van der Waals surface area contributed by atoms with E-state index in [4.69, 9.17) is 4.74 Å². The van der Waals surface area contributed by atoms with Gasteiger partial charge in [-0.1, -0.05) is 48.5 Å². The number of likely N-dealkylation sites (tertiary alicyclic amines) is 1. The molecule has 3 heterocycles. The summed E-state index contributed by atoms with van der Waals surface area (Å²) < 4.78 is 5.08. The molecule has 0 unspecified atom stereocenters. The second-order valence-electron chi connectivity index (χ2n) is 8.22. The molecule has 1 saturated heterocycles. The molecule has 1 aromatic rings. The first-order valence-electron chi connectivity index (χ1n) is 11.1. The molecule has 7 nitrogen and oxygen atoms in total. The van der Waals surface area contributed by atoms with Crippen LogP contribution < -0.4 is 5.32 Å². The van der Waals surface area contributed by atoms with Crippen LogP contribution >= 0.6 is 11.8 Å². The van der Waals surface area contributed by atoms with Gasteiger partial charge in [-0.2, -0.15) is 0 Å². The van der Waals surface area contributed by atoms with Gasteiger partial charge in [0.2, 0.25) is 5.91 Å². The molecule has 3 aliphatic heterocycles. The van der Waals surface area contributed by atoms with E-state index in [-0.39, 0.29) is 18.4 Å². The number of nitrogens with one attached hydrogen (secondary N) is 1. The van der Waals surface area contributed by atoms with Crippen molar-refractivity contribution in [3.05, 3.63) is 58.3 Å². The van der Waals surface area contributed by atoms with Crippen LogP contribution in [0.1, 0.15) is 44.2 Å². The highest BCUT2D eigenvalue weighted by molar-refractivity contribution is 8.16. The van der Waals surface area contributed by atoms with Crippen molar-refractivity contribution >= 4 is 28.8 Å². The Balaban J connectivity index is 1.48. The lowest BCUT2D eigenvalue weighted by Gasteiger charge is -2.36. The second-order valence-corrected chi connectivity index (χ2v) is 9.06. The van der Waals surface area contributed by atoms with Gasteiger partial charge in [-0.15, -0.1) is 0 Å². The van der Waals surface area contributed by atoms with E-state index in [0.29, 0.717) is 17.8 Å². The fraction of sp³-hybridized carbons (Fsp3) is 0.458. The first-order chi connectivity index (χ1) is 15.6. The predicted molar refractivity (Wildman–Crippen MR) is 127 cm³/mol. The maximum Gasteiger partial charge on any atom is 0.338 e. The van der Waals surface area contributed by atoms with Crippen molar-refractivity contribution in [3.63, 3.8) is 0 Å². The molecule has 1 aromatic carbocycles. The number of fused-ring (bicyclic) bond motifs is 1. The number of carbonyl (C=O) groups is 2. The van der Waals surface area contributed by atoms with E-state index in [9.17, 15) is 9.59 Å². The molecule has 170 valence electrons. The van der Waals surface area contributed by atoms with Crippen LogP contribution in [0.4, 0.5) is 0 Å². The zero-order valence-electron chi connectivity index (χ0n) is 18.7. The predicted octanol–water partition coefficient (Wildman–Crippen LogP) is 3.43. The van der Waals surface area contributed by atoms with Crippen molar-refractivity contribution in [1.29, 1.82) is 0 Å². The normalized spacial score (nSPS) is 21.1. The van der Waals surface area contributed by atoms with E-state index in [1.807, 2.05) is 47.6 Å². The van der Waals surface area contributed by atoms with Gasteiger partial charge in [0.05, 0.1) is 30.8 Å². The quantitative estimate of drug-likeness (QED) is 0.637. The number of aliphatic imine (C=N–C) groups is 1. The molecule has 1 amide bonds. The minimum atomic E-state index is -0.401. The highest BCUT2D eigenvalue weighted by Crippen LogP contribution is 2.44. The van der Waals surface area contributed by atoms with Crippen LogP contribution in [0.2, 0.25) is 0 Å². The summed E-state index contributed by atoms with van der Waals surface area (Å²) >= 11 is 1.49. The number of thioether (sulfide) groups is 1. The lowest BCUT2D eigenvalue weighted by atomic mass is 9.94. The van der Waals surface area contributed by atoms with Crippen LogP contribution in [0.15, 0.2) is 57.7 Å². The lowest BCUT2D eigenvalue weighted by Crippen LogP contribution is -2.39. The van der Waals surface area contributed by atoms with Crippen LogP contribution in [-0.4, -0.2) is 60.1 Å². The molecule has 32 heavy (non-hydrogen) atoms. The molecule has 3 aliphatic rings. The summed E-state index contributed by atoms with van der Waals surface area (Å²) in [6.45, 7) is 5.60. The summed E-state index contributed by atoms with van der Waals surface area (Å²) in [5, 5.41) is 5.80. The van der Waals surface area contributed by atoms with Gasteiger partial charge in [0.25, 0.3) is 0 Å². The molecule has 1 fully saturated rings. The number of carbonyl (C=O) groups excluding carboxylic acids is 2. The summed E-state index contributed by atoms with van der Waals surface area (Å²) in [7, 11) is 1.38. The van der Waals surface area contributed by atoms with Crippen molar-refractivity contribution in [1.82, 2.24) is 15.1 Å². The van der Waals surface area contributed by atoms with E-state index in [2.05, 4.69) is 15.2 Å². The minimum Gasteiger partial charge on any atom is -0.466 e. The number of allylic oxidation sites excluding steroid dienone is 1. The summed E-state index contributed by atoms with van der Waals surface area (Å²) in [6, 6.07) is 9.45. The number of esters is 1. The van der Waals surface area contributed by atoms with E-state index >= 15 is 0 Å². The molecule has 1 atom stereocenters. The second kappa shape index (κ2) is 10.4. The van der Waals surface area contributed by atoms with E-state index < -0.39 is 5.97 Å². The van der Waals surface area contributed by atoms with Crippen LogP contribution in [0.5, 0.6) is 0 Å². The minimum absolute atomic E-state index is 0.0205. The van der Waals surface area contributed by atoms with Gasteiger partial charge in [-0.05, 0) is 43.8 Å². The van der Waals surface area contributed by atoms with Gasteiger partial charge >= 0.3 is 5.97 Å². The number of ether oxygens (including phenoxy) is 1. The molecule has 0 radical (unpaired) electrons. The van der Waals surface area contributed by atoms with E-state index in [1.54, 1.807) is 0 Å². The van der Waals surface area contributed by atoms with Crippen LogP contribution in [0, 0.1) is 0 Å². The number of rotatable bonds is 7. The number of amides is 1. The number of nitrogens with zero attached hydrogens (tertiary/aromatic N) is 3. The molecule has 0 spiro atoms. The fourth-order valence-corrected chi connectivity index (χ4v) is 5.42. The Labute approximate surface area is 193 Å². The van der Waals surface area contributed by atoms with Crippen LogP contribution in [-0.2, 0) is 14.3 Å². The first-order valence-corrected chi connectivity index (χ1v) is 12.0. The third kappa shape index (κ3) is 4.91. The van der Waals surface area contributed by atoms with Gasteiger partial charge in [-0.3, -0.25) is 4.79 Å². The van der Waals surface area contributed by atoms with Crippen molar-refractivity contribution in [2.45, 2.75) is 38.6 Å². The van der Waals surface area contributed by atoms with Crippen molar-refractivity contribution in [3.8, 4) is 0 Å². The summed E-state index contributed by atoms with van der Waals surface area (Å²) in [5.74, 6) is -0.422. The Morgan fingerprint density at radius 2 is 1.94 bits per heavy atom. The van der Waals surface area contributed by atoms with Crippen molar-refractivity contribution < 1.29 is 14.3 Å². The maximum absolute atomic E-state index is 12.7. The number of amidine groups is 1. The van der Waals surface area contributed by atoms with Gasteiger partial charge in [0, 0.05) is 18.8 Å². The Kier molecular flexibility index (Phi) is 7.32. The largest absolute Gasteiger partial charge is 0.466 e. The fourth-order valence-electron chi connectivity index (χ4n) is 4.45. The molecule has 1 N–H and O–H groups in total. The number of hydrogen-bond donors (Lipinski definition) is 1. The zero-order valence-corrected chi connectivity index (χ0v) is 19.5. The SMILES string of the molecule is COC(=O)C1=C(C)N=C2SC=C(CC(=O)NCCN3CCCCC3)N2[C@H]1c1ccccc1. The first kappa shape index (κ1) is 22.6. The molecule has 8 heteroatoms. The van der Waals surface area contributed by atoms with E-state index in [1.165, 1.54) is 38.1 Å². The molecular formula is C24H30N4O3S. The van der Waals surface area contributed by atoms with Crippen molar-refractivity contribution in [2.24, 2.45) is 4.99 Å². The monoisotopic (exact) mass is 454 g/mol. The average molecular weight is 455 g/mol. The summed E-state index contributed by atoms with van der Waals surface area (Å²) in [4.78, 5) is 34.5. The Hall–Kier alpha value is -2.58. The number of methoxy groups -OCH3 is 1. The molecule has 0 saturated carbocycles. The lowest BCUT2D eigenvalue weighted by molar-refractivity contribution is -0.136. The Morgan fingerprint density at radius 1 is 1.19 bits per heavy atom. The third-order valence-electron chi connectivity index (χ3n) is 6.06. The molecule has 0 aliphatic carbocycles.